The van der Waals surface area contributed by atoms with Gasteiger partial charge in [-0.2, -0.15) is 0 Å². The molecule has 0 aliphatic rings. The molecule has 0 atom stereocenters. The second-order valence-electron chi connectivity index (χ2n) is 13.7. The molecule has 0 aromatic heterocycles. The molecule has 43 heavy (non-hydrogen) atoms. The Kier molecular flexibility index (Phi) is 11.8. The lowest BCUT2D eigenvalue weighted by Gasteiger charge is -2.44. The third-order valence-corrected chi connectivity index (χ3v) is 30.5. The van der Waals surface area contributed by atoms with Gasteiger partial charge < -0.3 is 16.5 Å². The van der Waals surface area contributed by atoms with E-state index in [0.717, 1.165) is 17.3 Å². The summed E-state index contributed by atoms with van der Waals surface area (Å²) in [5.74, 6) is 0. The Labute approximate surface area is 267 Å². The van der Waals surface area contributed by atoms with Crippen LogP contribution in [0.15, 0.2) is 116 Å². The van der Waals surface area contributed by atoms with Gasteiger partial charge >= 0.3 is 8.80 Å². The van der Waals surface area contributed by atoms with Crippen LogP contribution in [0.25, 0.3) is 0 Å². The van der Waals surface area contributed by atoms with Gasteiger partial charge in [-0.1, -0.05) is 102 Å². The van der Waals surface area contributed by atoms with Crippen LogP contribution in [-0.4, -0.2) is 50.4 Å². The SMILES string of the molecule is C=C[Si](C)(C)O[Si](O[Si](C)(C)C=C)(O[Si](C)(C)CC[Si](C)(C)O[Si](C)(c1ccccc1)c1ccccc1)c1ccccc1. The molecular formula is C33H52O4Si6. The van der Waals surface area contributed by atoms with Crippen LogP contribution in [0.1, 0.15) is 0 Å². The molecule has 0 radical (unpaired) electrons. The summed E-state index contributed by atoms with van der Waals surface area (Å²) in [4.78, 5) is 0. The molecule has 3 rings (SSSR count). The molecule has 3 aromatic rings. The van der Waals surface area contributed by atoms with Gasteiger partial charge in [-0.3, -0.25) is 0 Å². The standard InChI is InChI=1S/C33H52O4Si6/c1-12-38(3,4)35-43(36-39(5,6)13-2,33-27-21-16-22-28-33)37-41(9,10)30-29-40(7,8)34-42(11,31-23-17-14-18-24-31)32-25-19-15-20-26-32/h12-28H,1-2,29-30H2,3-11H3. The summed E-state index contributed by atoms with van der Waals surface area (Å²) < 4.78 is 28.9. The minimum absolute atomic E-state index is 0.959. The van der Waals surface area contributed by atoms with Crippen LogP contribution in [0.2, 0.25) is 71.0 Å². The lowest BCUT2D eigenvalue weighted by Crippen LogP contribution is -2.68. The van der Waals surface area contributed by atoms with Gasteiger partial charge in [0.15, 0.2) is 16.6 Å². The van der Waals surface area contributed by atoms with Crippen molar-refractivity contribution in [3.05, 3.63) is 116 Å². The summed E-state index contributed by atoms with van der Waals surface area (Å²) in [7, 11) is -14.8. The normalized spacial score (nSPS) is 13.5. The molecule has 4 nitrogen and oxygen atoms in total. The molecule has 232 valence electrons. The quantitative estimate of drug-likeness (QED) is 0.146. The van der Waals surface area contributed by atoms with Crippen molar-refractivity contribution in [2.45, 2.75) is 71.0 Å². The molecule has 0 fully saturated rings. The average molecular weight is 681 g/mol. The van der Waals surface area contributed by atoms with Crippen molar-refractivity contribution < 1.29 is 16.5 Å². The summed E-state index contributed by atoms with van der Waals surface area (Å²) in [6.45, 7) is 28.6. The van der Waals surface area contributed by atoms with E-state index in [-0.39, 0.29) is 0 Å². The zero-order valence-corrected chi connectivity index (χ0v) is 33.8. The Balaban J connectivity index is 1.95. The number of hydrogen-bond donors (Lipinski definition) is 0. The van der Waals surface area contributed by atoms with Crippen LogP contribution in [0.3, 0.4) is 0 Å². The fourth-order valence-electron chi connectivity index (χ4n) is 5.07. The lowest BCUT2D eigenvalue weighted by molar-refractivity contribution is 0.274. The van der Waals surface area contributed by atoms with Crippen LogP contribution in [0.5, 0.6) is 0 Å². The summed E-state index contributed by atoms with van der Waals surface area (Å²) in [6, 6.07) is 33.9. The third-order valence-electron chi connectivity index (χ3n) is 7.77. The molecule has 0 aliphatic carbocycles. The van der Waals surface area contributed by atoms with Crippen LogP contribution in [-0.2, 0) is 16.5 Å². The van der Waals surface area contributed by atoms with Crippen molar-refractivity contribution in [3.63, 3.8) is 0 Å². The first-order valence-electron chi connectivity index (χ1n) is 15.2. The molecule has 0 amide bonds. The molecule has 3 aromatic carbocycles. The lowest BCUT2D eigenvalue weighted by atomic mass is 10.4. The van der Waals surface area contributed by atoms with Crippen molar-refractivity contribution in [2.24, 2.45) is 0 Å². The van der Waals surface area contributed by atoms with Gasteiger partial charge in [-0.05, 0) is 81.4 Å². The smallest absolute Gasteiger partial charge is 0.449 e. The summed E-state index contributed by atoms with van der Waals surface area (Å²) in [6.07, 6.45) is 0. The largest absolute Gasteiger partial charge is 0.506 e. The van der Waals surface area contributed by atoms with E-state index in [9.17, 15) is 0 Å². The first-order valence-corrected chi connectivity index (χ1v) is 31.6. The second kappa shape index (κ2) is 14.1. The maximum absolute atomic E-state index is 7.38. The van der Waals surface area contributed by atoms with Gasteiger partial charge in [0.25, 0.3) is 0 Å². The van der Waals surface area contributed by atoms with Crippen LogP contribution in [0.4, 0.5) is 0 Å². The fraction of sp³-hybridized carbons (Fsp3) is 0.333. The Morgan fingerprint density at radius 3 is 1.14 bits per heavy atom. The molecule has 0 bridgehead atoms. The maximum Gasteiger partial charge on any atom is 0.506 e. The molecule has 0 unspecified atom stereocenters. The van der Waals surface area contributed by atoms with Crippen molar-refractivity contribution >= 4 is 66.0 Å². The monoisotopic (exact) mass is 680 g/mol. The number of rotatable bonds is 16. The molecule has 0 saturated heterocycles. The Morgan fingerprint density at radius 2 is 0.791 bits per heavy atom. The van der Waals surface area contributed by atoms with Gasteiger partial charge in [-0.15, -0.1) is 13.2 Å². The molecule has 0 saturated carbocycles. The van der Waals surface area contributed by atoms with E-state index in [1.165, 1.54) is 10.4 Å². The van der Waals surface area contributed by atoms with E-state index in [2.05, 4.69) is 157 Å². The highest BCUT2D eigenvalue weighted by atomic mass is 28.5. The highest BCUT2D eigenvalue weighted by Gasteiger charge is 2.54. The van der Waals surface area contributed by atoms with Gasteiger partial charge in [-0.25, -0.2) is 0 Å². The van der Waals surface area contributed by atoms with Crippen LogP contribution in [0, 0.1) is 0 Å². The molecule has 0 N–H and O–H groups in total. The Hall–Kier alpha value is -1.72. The molecule has 0 spiro atoms. The van der Waals surface area contributed by atoms with E-state index in [4.69, 9.17) is 16.5 Å². The maximum atomic E-state index is 7.38. The van der Waals surface area contributed by atoms with Crippen molar-refractivity contribution in [3.8, 4) is 0 Å². The van der Waals surface area contributed by atoms with Crippen molar-refractivity contribution in [1.29, 1.82) is 0 Å². The summed E-state index contributed by atoms with van der Waals surface area (Å²) in [5, 5.41) is 3.63. The summed E-state index contributed by atoms with van der Waals surface area (Å²) >= 11 is 0. The molecular weight excluding hydrogens is 629 g/mol. The fourth-order valence-corrected chi connectivity index (χ4v) is 30.8. The zero-order chi connectivity index (χ0) is 32.0. The third kappa shape index (κ3) is 9.88. The van der Waals surface area contributed by atoms with Crippen LogP contribution >= 0.6 is 0 Å². The van der Waals surface area contributed by atoms with Crippen molar-refractivity contribution in [1.82, 2.24) is 0 Å². The minimum atomic E-state index is -3.34. The molecule has 0 aliphatic heterocycles. The van der Waals surface area contributed by atoms with E-state index >= 15 is 0 Å². The predicted molar refractivity (Wildman–Crippen MR) is 200 cm³/mol. The number of benzene rings is 3. The highest BCUT2D eigenvalue weighted by molar-refractivity contribution is 7.02. The van der Waals surface area contributed by atoms with Crippen LogP contribution < -0.4 is 15.6 Å². The predicted octanol–water partition coefficient (Wildman–Crippen LogP) is 7.56. The first kappa shape index (κ1) is 35.8. The van der Waals surface area contributed by atoms with Gasteiger partial charge in [0.05, 0.1) is 0 Å². The molecule has 10 heteroatoms. The van der Waals surface area contributed by atoms with Gasteiger partial charge in [0, 0.05) is 5.19 Å². The van der Waals surface area contributed by atoms with E-state index in [1.807, 2.05) is 17.5 Å². The zero-order valence-electron chi connectivity index (χ0n) is 27.8. The summed E-state index contributed by atoms with van der Waals surface area (Å²) in [5.41, 5.74) is 3.95. The Bertz CT molecular complexity index is 1270. The van der Waals surface area contributed by atoms with E-state index in [1.54, 1.807) is 0 Å². The topological polar surface area (TPSA) is 36.9 Å². The average Bonchev–Trinajstić information content (AvgIpc) is 2.97. The van der Waals surface area contributed by atoms with Gasteiger partial charge in [0.1, 0.15) is 0 Å². The highest BCUT2D eigenvalue weighted by Crippen LogP contribution is 2.31. The van der Waals surface area contributed by atoms with Gasteiger partial charge in [0.2, 0.25) is 25.0 Å². The molecule has 0 heterocycles. The second-order valence-corrected chi connectivity index (χ2v) is 37.2. The minimum Gasteiger partial charge on any atom is -0.449 e. The Morgan fingerprint density at radius 1 is 0.465 bits per heavy atom. The van der Waals surface area contributed by atoms with E-state index < -0.39 is 50.4 Å². The number of hydrogen-bond acceptors (Lipinski definition) is 4. The van der Waals surface area contributed by atoms with E-state index in [0.29, 0.717) is 0 Å². The van der Waals surface area contributed by atoms with Crippen molar-refractivity contribution in [2.75, 3.05) is 0 Å². The first-order chi connectivity index (χ1) is 20.0.